The van der Waals surface area contributed by atoms with Gasteiger partial charge in [0, 0.05) is 37.1 Å². The van der Waals surface area contributed by atoms with Crippen molar-refractivity contribution in [3.63, 3.8) is 0 Å². The maximum atomic E-state index is 6.52. The van der Waals surface area contributed by atoms with Gasteiger partial charge in [-0.2, -0.15) is 0 Å². The Morgan fingerprint density at radius 1 is 1.12 bits per heavy atom. The fourth-order valence-electron chi connectivity index (χ4n) is 4.29. The van der Waals surface area contributed by atoms with Crippen molar-refractivity contribution >= 4 is 11.6 Å². The molecule has 2 aromatic rings. The quantitative estimate of drug-likeness (QED) is 0.898. The Morgan fingerprint density at radius 3 is 2.68 bits per heavy atom. The van der Waals surface area contributed by atoms with Crippen molar-refractivity contribution in [3.8, 4) is 0 Å². The predicted octanol–water partition coefficient (Wildman–Crippen LogP) is 4.04. The number of halogens is 1. The second-order valence-corrected chi connectivity index (χ2v) is 7.71. The molecule has 1 spiro atoms. The number of piperidine rings is 1. The van der Waals surface area contributed by atoms with Gasteiger partial charge in [-0.05, 0) is 30.0 Å². The van der Waals surface area contributed by atoms with Crippen LogP contribution in [0, 0.1) is 0 Å². The number of nitrogens with one attached hydrogen (secondary N) is 1. The van der Waals surface area contributed by atoms with Crippen LogP contribution in [0.4, 0.5) is 0 Å². The summed E-state index contributed by atoms with van der Waals surface area (Å²) in [6.07, 6.45) is 2.10. The molecule has 0 aromatic heterocycles. The van der Waals surface area contributed by atoms with Gasteiger partial charge in [-0.15, -0.1) is 0 Å². The molecule has 2 heterocycles. The molecule has 4 rings (SSSR count). The van der Waals surface area contributed by atoms with Crippen molar-refractivity contribution in [3.05, 3.63) is 70.7 Å². The smallest absolute Gasteiger partial charge is 0.0973 e. The van der Waals surface area contributed by atoms with E-state index in [1.807, 2.05) is 12.1 Å². The van der Waals surface area contributed by atoms with Gasteiger partial charge < -0.3 is 4.74 Å². The molecule has 0 amide bonds. The zero-order valence-electron chi connectivity index (χ0n) is 14.5. The zero-order valence-corrected chi connectivity index (χ0v) is 15.2. The van der Waals surface area contributed by atoms with Crippen molar-refractivity contribution in [1.82, 2.24) is 10.2 Å². The Hall–Kier alpha value is -1.39. The fraction of sp³-hybridized carbons (Fsp3) is 0.429. The molecule has 2 saturated heterocycles. The molecule has 2 aromatic carbocycles. The predicted molar refractivity (Wildman–Crippen MR) is 102 cm³/mol. The zero-order chi connectivity index (χ0) is 17.1. The summed E-state index contributed by atoms with van der Waals surface area (Å²) in [5.74, 6) is 0.407. The Morgan fingerprint density at radius 2 is 1.92 bits per heavy atom. The number of nitrogens with zero attached hydrogens (tertiary/aromatic N) is 1. The Bertz CT molecular complexity index is 700. The molecule has 4 heteroatoms. The molecule has 25 heavy (non-hydrogen) atoms. The van der Waals surface area contributed by atoms with Crippen LogP contribution in [0.5, 0.6) is 0 Å². The Balaban J connectivity index is 1.60. The van der Waals surface area contributed by atoms with Crippen LogP contribution in [0.1, 0.15) is 29.9 Å². The highest BCUT2D eigenvalue weighted by atomic mass is 35.5. The van der Waals surface area contributed by atoms with E-state index in [-0.39, 0.29) is 5.60 Å². The number of likely N-dealkylation sites (tertiary alicyclic amines) is 1. The van der Waals surface area contributed by atoms with Crippen molar-refractivity contribution in [2.75, 3.05) is 26.4 Å². The standard InChI is InChI=1S/C21H25ClN2O/c22-20-9-5-4-8-19(20)18-12-21(10-11-23-16-25-21)15-24(14-18)13-17-6-2-1-3-7-17/h1-9,18,23H,10-16H2. The van der Waals surface area contributed by atoms with Gasteiger partial charge in [0.25, 0.3) is 0 Å². The average molecular weight is 357 g/mol. The third-order valence-electron chi connectivity index (χ3n) is 5.44. The lowest BCUT2D eigenvalue weighted by Crippen LogP contribution is -2.56. The van der Waals surface area contributed by atoms with E-state index < -0.39 is 0 Å². The number of rotatable bonds is 3. The van der Waals surface area contributed by atoms with Crippen LogP contribution in [-0.4, -0.2) is 36.9 Å². The summed E-state index contributed by atoms with van der Waals surface area (Å²) in [7, 11) is 0. The van der Waals surface area contributed by atoms with Gasteiger partial charge in [0.1, 0.15) is 0 Å². The monoisotopic (exact) mass is 356 g/mol. The van der Waals surface area contributed by atoms with Crippen LogP contribution in [0.3, 0.4) is 0 Å². The maximum absolute atomic E-state index is 6.52. The molecule has 2 aliphatic rings. The third kappa shape index (κ3) is 3.90. The molecule has 132 valence electrons. The summed E-state index contributed by atoms with van der Waals surface area (Å²) in [6, 6.07) is 19.0. The minimum Gasteiger partial charge on any atom is -0.358 e. The molecule has 1 N–H and O–H groups in total. The highest BCUT2D eigenvalue weighted by Gasteiger charge is 2.42. The van der Waals surface area contributed by atoms with Crippen molar-refractivity contribution in [1.29, 1.82) is 0 Å². The summed E-state index contributed by atoms with van der Waals surface area (Å²) < 4.78 is 6.27. The van der Waals surface area contributed by atoms with E-state index in [4.69, 9.17) is 16.3 Å². The van der Waals surface area contributed by atoms with E-state index in [0.29, 0.717) is 12.6 Å². The number of hydrogen-bond donors (Lipinski definition) is 1. The van der Waals surface area contributed by atoms with Gasteiger partial charge in [0.2, 0.25) is 0 Å². The van der Waals surface area contributed by atoms with Gasteiger partial charge in [0.05, 0.1) is 12.3 Å². The third-order valence-corrected chi connectivity index (χ3v) is 5.78. The molecule has 2 aliphatic heterocycles. The number of ether oxygens (including phenoxy) is 1. The first-order valence-corrected chi connectivity index (χ1v) is 9.47. The molecule has 0 saturated carbocycles. The maximum Gasteiger partial charge on any atom is 0.0973 e. The first kappa shape index (κ1) is 17.0. The minimum atomic E-state index is -0.0673. The lowest BCUT2D eigenvalue weighted by atomic mass is 9.79. The molecule has 0 radical (unpaired) electrons. The summed E-state index contributed by atoms with van der Waals surface area (Å²) in [5, 5.41) is 4.19. The van der Waals surface area contributed by atoms with Crippen molar-refractivity contribution < 1.29 is 4.74 Å². The van der Waals surface area contributed by atoms with Crippen LogP contribution in [-0.2, 0) is 11.3 Å². The molecule has 3 nitrogen and oxygen atoms in total. The first-order valence-electron chi connectivity index (χ1n) is 9.09. The molecular weight excluding hydrogens is 332 g/mol. The largest absolute Gasteiger partial charge is 0.358 e. The minimum absolute atomic E-state index is 0.0673. The lowest BCUT2D eigenvalue weighted by molar-refractivity contribution is -0.127. The van der Waals surface area contributed by atoms with Crippen LogP contribution in [0.2, 0.25) is 5.02 Å². The highest BCUT2D eigenvalue weighted by molar-refractivity contribution is 6.31. The lowest BCUT2D eigenvalue weighted by Gasteiger charge is -2.48. The molecule has 2 atom stereocenters. The topological polar surface area (TPSA) is 24.5 Å². The molecule has 2 unspecified atom stereocenters. The van der Waals surface area contributed by atoms with Gasteiger partial charge in [0.15, 0.2) is 0 Å². The van der Waals surface area contributed by atoms with Crippen molar-refractivity contribution in [2.24, 2.45) is 0 Å². The van der Waals surface area contributed by atoms with Crippen LogP contribution in [0.25, 0.3) is 0 Å². The normalized spacial score (nSPS) is 27.5. The van der Waals surface area contributed by atoms with E-state index >= 15 is 0 Å². The molecule has 2 fully saturated rings. The van der Waals surface area contributed by atoms with Gasteiger partial charge in [-0.3, -0.25) is 10.2 Å². The molecule has 0 aliphatic carbocycles. The first-order chi connectivity index (χ1) is 12.2. The molecular formula is C21H25ClN2O. The van der Waals surface area contributed by atoms with E-state index in [9.17, 15) is 0 Å². The van der Waals surface area contributed by atoms with Crippen LogP contribution >= 0.6 is 11.6 Å². The summed E-state index contributed by atoms with van der Waals surface area (Å²) in [4.78, 5) is 2.54. The Labute approximate surface area is 154 Å². The Kier molecular flexibility index (Phi) is 5.09. The van der Waals surface area contributed by atoms with Crippen molar-refractivity contribution in [2.45, 2.75) is 30.9 Å². The molecule has 0 bridgehead atoms. The average Bonchev–Trinajstić information content (AvgIpc) is 2.63. The second-order valence-electron chi connectivity index (χ2n) is 7.30. The van der Waals surface area contributed by atoms with Gasteiger partial charge in [-0.25, -0.2) is 0 Å². The highest BCUT2D eigenvalue weighted by Crippen LogP contribution is 2.40. The summed E-state index contributed by atoms with van der Waals surface area (Å²) in [6.45, 7) is 4.64. The van der Waals surface area contributed by atoms with Gasteiger partial charge >= 0.3 is 0 Å². The van der Waals surface area contributed by atoms with Crippen LogP contribution in [0.15, 0.2) is 54.6 Å². The van der Waals surface area contributed by atoms with E-state index in [2.05, 4.69) is 52.7 Å². The summed E-state index contributed by atoms with van der Waals surface area (Å²) in [5.41, 5.74) is 2.54. The second kappa shape index (κ2) is 7.46. The number of benzene rings is 2. The number of hydrogen-bond acceptors (Lipinski definition) is 3. The van der Waals surface area contributed by atoms with E-state index in [1.54, 1.807) is 0 Å². The fourth-order valence-corrected chi connectivity index (χ4v) is 4.58. The summed E-state index contributed by atoms with van der Waals surface area (Å²) >= 11 is 6.52. The SMILES string of the molecule is Clc1ccccc1C1CN(Cc2ccccc2)CC2(CCNCO2)C1. The van der Waals surface area contributed by atoms with E-state index in [1.165, 1.54) is 11.1 Å². The van der Waals surface area contributed by atoms with Gasteiger partial charge in [-0.1, -0.05) is 60.1 Å². The van der Waals surface area contributed by atoms with Crippen LogP contribution < -0.4 is 5.32 Å². The van der Waals surface area contributed by atoms with E-state index in [0.717, 1.165) is 44.0 Å².